The van der Waals surface area contributed by atoms with Gasteiger partial charge in [0, 0.05) is 41.3 Å². The van der Waals surface area contributed by atoms with Gasteiger partial charge in [0.25, 0.3) is 5.91 Å². The van der Waals surface area contributed by atoms with E-state index in [2.05, 4.69) is 44.3 Å². The number of aliphatic hydroxyl groups is 1. The maximum Gasteiger partial charge on any atom is 0.254 e. The molecular formula is C28H27ClN6O3. The summed E-state index contributed by atoms with van der Waals surface area (Å²) in [7, 11) is 0. The summed E-state index contributed by atoms with van der Waals surface area (Å²) in [5, 5.41) is 19.0. The standard InChI is InChI=1S/C28H27ClN6O3/c29-22-3-4-33-16-31-24(26(33)7-22)9-30-28(37)20-8-32-35(13-20)11-17-5-25-23(27(36)21-14-38-15-21)6-19(18-1-2-18)12-34(25)10-17/h3-8,10,12-13,16,18,21,27,36H,1-2,9,11,14-15H2,(H,30,37). The van der Waals surface area contributed by atoms with Gasteiger partial charge >= 0.3 is 0 Å². The summed E-state index contributed by atoms with van der Waals surface area (Å²) in [4.78, 5) is 17.2. The highest BCUT2D eigenvalue weighted by Gasteiger charge is 2.31. The maximum absolute atomic E-state index is 12.8. The first-order valence-corrected chi connectivity index (χ1v) is 13.2. The van der Waals surface area contributed by atoms with Crippen molar-refractivity contribution in [3.05, 3.63) is 94.5 Å². The molecule has 1 aliphatic carbocycles. The van der Waals surface area contributed by atoms with Gasteiger partial charge in [0.15, 0.2) is 0 Å². The van der Waals surface area contributed by atoms with Crippen molar-refractivity contribution in [2.24, 2.45) is 5.92 Å². The van der Waals surface area contributed by atoms with Crippen LogP contribution in [0.5, 0.6) is 0 Å². The van der Waals surface area contributed by atoms with E-state index in [1.807, 2.05) is 16.7 Å². The lowest BCUT2D eigenvalue weighted by Gasteiger charge is -2.31. The molecule has 6 heterocycles. The number of carbonyl (C=O) groups excluding carboxylic acids is 1. The summed E-state index contributed by atoms with van der Waals surface area (Å²) in [5.41, 5.74) is 6.36. The summed E-state index contributed by atoms with van der Waals surface area (Å²) in [6.45, 7) is 1.99. The normalized spacial score (nSPS) is 16.7. The molecule has 1 saturated heterocycles. The van der Waals surface area contributed by atoms with Crippen molar-refractivity contribution in [2.75, 3.05) is 13.2 Å². The molecule has 1 saturated carbocycles. The number of imidazole rings is 1. The number of ether oxygens (including phenoxy) is 1. The average molecular weight is 531 g/mol. The Morgan fingerprint density at radius 3 is 2.82 bits per heavy atom. The fourth-order valence-electron chi connectivity index (χ4n) is 5.15. The molecular weight excluding hydrogens is 504 g/mol. The third-order valence-electron chi connectivity index (χ3n) is 7.53. The Morgan fingerprint density at radius 1 is 1.16 bits per heavy atom. The fourth-order valence-corrected chi connectivity index (χ4v) is 5.31. The predicted octanol–water partition coefficient (Wildman–Crippen LogP) is 3.97. The Hall–Kier alpha value is -3.66. The predicted molar refractivity (Wildman–Crippen MR) is 141 cm³/mol. The molecule has 38 heavy (non-hydrogen) atoms. The SMILES string of the molecule is O=C(NCc1ncn2ccc(Cl)cc12)c1cnn(Cc2cc3c(C(O)C4COC4)cc(C4CC4)cn3c2)c1. The molecule has 0 aromatic carbocycles. The number of fused-ring (bicyclic) bond motifs is 2. The van der Waals surface area contributed by atoms with Crippen molar-refractivity contribution >= 4 is 28.5 Å². The molecule has 1 aliphatic heterocycles. The number of hydrogen-bond donors (Lipinski definition) is 2. The summed E-state index contributed by atoms with van der Waals surface area (Å²) < 4.78 is 11.1. The van der Waals surface area contributed by atoms with Gasteiger partial charge in [0.05, 0.1) is 67.2 Å². The largest absolute Gasteiger partial charge is 0.388 e. The van der Waals surface area contributed by atoms with Gasteiger partial charge in [-0.15, -0.1) is 0 Å². The van der Waals surface area contributed by atoms with Crippen LogP contribution >= 0.6 is 11.6 Å². The van der Waals surface area contributed by atoms with Crippen molar-refractivity contribution in [3.8, 4) is 0 Å². The number of carbonyl (C=O) groups is 1. The Kier molecular flexibility index (Phi) is 5.72. The first-order valence-electron chi connectivity index (χ1n) is 12.8. The Morgan fingerprint density at radius 2 is 2.03 bits per heavy atom. The molecule has 2 aliphatic rings. The van der Waals surface area contributed by atoms with E-state index in [1.54, 1.807) is 29.5 Å². The van der Waals surface area contributed by atoms with Gasteiger partial charge in [-0.05, 0) is 54.2 Å². The summed E-state index contributed by atoms with van der Waals surface area (Å²) in [6.07, 6.45) is 13.0. The van der Waals surface area contributed by atoms with Crippen LogP contribution in [0.25, 0.3) is 11.0 Å². The third kappa shape index (κ3) is 4.36. The Balaban J connectivity index is 1.08. The third-order valence-corrected chi connectivity index (χ3v) is 7.76. The second kappa shape index (κ2) is 9.27. The quantitative estimate of drug-likeness (QED) is 0.316. The number of pyridine rings is 2. The molecule has 9 nitrogen and oxygen atoms in total. The van der Waals surface area contributed by atoms with E-state index >= 15 is 0 Å². The lowest BCUT2D eigenvalue weighted by atomic mass is 9.92. The first kappa shape index (κ1) is 23.5. The van der Waals surface area contributed by atoms with Crippen LogP contribution in [0.2, 0.25) is 5.02 Å². The molecule has 5 aromatic rings. The van der Waals surface area contributed by atoms with Crippen LogP contribution in [0.4, 0.5) is 0 Å². The minimum absolute atomic E-state index is 0.135. The van der Waals surface area contributed by atoms with E-state index in [0.29, 0.717) is 36.3 Å². The maximum atomic E-state index is 12.8. The van der Waals surface area contributed by atoms with Crippen LogP contribution in [-0.2, 0) is 17.8 Å². The molecule has 7 rings (SSSR count). The monoisotopic (exact) mass is 530 g/mol. The van der Waals surface area contributed by atoms with Crippen molar-refractivity contribution < 1.29 is 14.6 Å². The molecule has 1 unspecified atom stereocenters. The minimum atomic E-state index is -0.545. The number of rotatable bonds is 8. The minimum Gasteiger partial charge on any atom is -0.388 e. The lowest BCUT2D eigenvalue weighted by Crippen LogP contribution is -2.33. The number of amides is 1. The molecule has 1 amide bonds. The van der Waals surface area contributed by atoms with Gasteiger partial charge in [-0.3, -0.25) is 9.48 Å². The summed E-state index contributed by atoms with van der Waals surface area (Å²) in [6, 6.07) is 7.89. The van der Waals surface area contributed by atoms with Crippen LogP contribution in [0.15, 0.2) is 61.6 Å². The second-order valence-electron chi connectivity index (χ2n) is 10.3. The van der Waals surface area contributed by atoms with Gasteiger partial charge in [-0.25, -0.2) is 4.98 Å². The van der Waals surface area contributed by atoms with Crippen LogP contribution in [0.3, 0.4) is 0 Å². The topological polar surface area (TPSA) is 98.1 Å². The molecule has 2 N–H and O–H groups in total. The molecule has 10 heteroatoms. The van der Waals surface area contributed by atoms with E-state index in [-0.39, 0.29) is 18.4 Å². The molecule has 1 atom stereocenters. The van der Waals surface area contributed by atoms with Crippen LogP contribution in [-0.4, -0.2) is 47.8 Å². The van der Waals surface area contributed by atoms with Crippen molar-refractivity contribution in [1.29, 1.82) is 0 Å². The number of aromatic nitrogens is 5. The van der Waals surface area contributed by atoms with Crippen LogP contribution < -0.4 is 5.32 Å². The smallest absolute Gasteiger partial charge is 0.254 e. The molecule has 0 radical (unpaired) electrons. The number of aliphatic hydroxyl groups excluding tert-OH is 1. The fraction of sp³-hybridized carbons (Fsp3) is 0.321. The van der Waals surface area contributed by atoms with Crippen LogP contribution in [0.1, 0.15) is 57.6 Å². The number of nitrogens with one attached hydrogen (secondary N) is 1. The zero-order valence-electron chi connectivity index (χ0n) is 20.6. The highest BCUT2D eigenvalue weighted by molar-refractivity contribution is 6.30. The Bertz CT molecular complexity index is 1660. The van der Waals surface area contributed by atoms with Crippen LogP contribution in [0, 0.1) is 5.92 Å². The van der Waals surface area contributed by atoms with Gasteiger partial charge in [0.2, 0.25) is 0 Å². The highest BCUT2D eigenvalue weighted by Crippen LogP contribution is 2.42. The van der Waals surface area contributed by atoms with E-state index < -0.39 is 6.10 Å². The summed E-state index contributed by atoms with van der Waals surface area (Å²) in [5.74, 6) is 0.498. The average Bonchev–Trinajstić information content (AvgIpc) is 3.29. The van der Waals surface area contributed by atoms with Crippen molar-refractivity contribution in [1.82, 2.24) is 28.9 Å². The second-order valence-corrected chi connectivity index (χ2v) is 10.8. The van der Waals surface area contributed by atoms with Gasteiger partial charge in [-0.2, -0.15) is 5.10 Å². The van der Waals surface area contributed by atoms with Crippen molar-refractivity contribution in [3.63, 3.8) is 0 Å². The summed E-state index contributed by atoms with van der Waals surface area (Å²) >= 11 is 6.11. The number of hydrogen-bond acceptors (Lipinski definition) is 5. The van der Waals surface area contributed by atoms with E-state index in [0.717, 1.165) is 27.9 Å². The van der Waals surface area contributed by atoms with Gasteiger partial charge < -0.3 is 24.0 Å². The highest BCUT2D eigenvalue weighted by atomic mass is 35.5. The molecule has 0 spiro atoms. The molecule has 2 fully saturated rings. The number of nitrogens with zero attached hydrogens (tertiary/aromatic N) is 5. The van der Waals surface area contributed by atoms with Gasteiger partial charge in [0.1, 0.15) is 0 Å². The van der Waals surface area contributed by atoms with E-state index in [4.69, 9.17) is 16.3 Å². The molecule has 194 valence electrons. The first-order chi connectivity index (χ1) is 18.5. The zero-order chi connectivity index (χ0) is 25.8. The van der Waals surface area contributed by atoms with Gasteiger partial charge in [-0.1, -0.05) is 11.6 Å². The van der Waals surface area contributed by atoms with E-state index in [1.165, 1.54) is 18.4 Å². The zero-order valence-corrected chi connectivity index (χ0v) is 21.4. The molecule has 0 bridgehead atoms. The molecule has 5 aromatic heterocycles. The van der Waals surface area contributed by atoms with Crippen molar-refractivity contribution in [2.45, 2.75) is 38.0 Å². The number of halogens is 1. The Labute approximate surface area is 223 Å². The lowest BCUT2D eigenvalue weighted by molar-refractivity contribution is -0.0920. The van der Waals surface area contributed by atoms with E-state index in [9.17, 15) is 9.90 Å².